The number of aromatic nitrogens is 2. The maximum Gasteiger partial charge on any atom is 0.417 e. The number of aromatic amines is 1. The van der Waals surface area contributed by atoms with Gasteiger partial charge < -0.3 is 14.6 Å². The summed E-state index contributed by atoms with van der Waals surface area (Å²) in [5, 5.41) is 0. The van der Waals surface area contributed by atoms with Crippen LogP contribution < -0.4 is 4.74 Å². The number of pyridine rings is 1. The molecule has 3 atom stereocenters. The van der Waals surface area contributed by atoms with Gasteiger partial charge in [-0.05, 0) is 49.6 Å². The highest BCUT2D eigenvalue weighted by atomic mass is 19.4. The molecular weight excluding hydrogens is 419 g/mol. The average Bonchev–Trinajstić information content (AvgIpc) is 3.49. The van der Waals surface area contributed by atoms with Crippen LogP contribution >= 0.6 is 0 Å². The molecule has 2 fully saturated rings. The molecule has 1 N–H and O–H groups in total. The highest BCUT2D eigenvalue weighted by molar-refractivity contribution is 6.02. The number of hydrogen-bond donors (Lipinski definition) is 1. The summed E-state index contributed by atoms with van der Waals surface area (Å²) in [6.45, 7) is 1.98. The lowest BCUT2D eigenvalue weighted by Gasteiger charge is -2.26. The molecule has 0 spiro atoms. The van der Waals surface area contributed by atoms with Crippen LogP contribution in [0.5, 0.6) is 5.88 Å². The number of alkyl halides is 3. The number of nitrogens with one attached hydrogen (secondary N) is 1. The van der Waals surface area contributed by atoms with E-state index in [0.29, 0.717) is 12.0 Å². The van der Waals surface area contributed by atoms with Crippen LogP contribution in [-0.4, -0.2) is 39.0 Å². The summed E-state index contributed by atoms with van der Waals surface area (Å²) in [5.41, 5.74) is 2.60. The number of carbonyl (C=O) groups excluding carboxylic acids is 1. The maximum atomic E-state index is 13.6. The van der Waals surface area contributed by atoms with E-state index in [1.807, 2.05) is 48.4 Å². The summed E-state index contributed by atoms with van der Waals surface area (Å²) >= 11 is 0. The zero-order chi connectivity index (χ0) is 22.5. The van der Waals surface area contributed by atoms with E-state index >= 15 is 0 Å². The number of H-pyrrole nitrogens is 1. The predicted octanol–water partition coefficient (Wildman–Crippen LogP) is 5.23. The Bertz CT molecular complexity index is 1130. The number of rotatable bonds is 4. The van der Waals surface area contributed by atoms with Crippen LogP contribution in [0.25, 0.3) is 11.3 Å². The average molecular weight is 441 g/mol. The van der Waals surface area contributed by atoms with E-state index in [-0.39, 0.29) is 30.0 Å². The Morgan fingerprint density at radius 3 is 2.69 bits per heavy atom. The van der Waals surface area contributed by atoms with Crippen LogP contribution in [0, 0.1) is 6.92 Å². The zero-order valence-corrected chi connectivity index (χ0v) is 17.4. The molecule has 2 aromatic heterocycles. The van der Waals surface area contributed by atoms with E-state index in [1.54, 1.807) is 0 Å². The van der Waals surface area contributed by atoms with Crippen LogP contribution in [-0.2, 0) is 6.18 Å². The minimum atomic E-state index is -4.44. The molecule has 1 aromatic carbocycles. The molecule has 8 heteroatoms. The van der Waals surface area contributed by atoms with Crippen LogP contribution in [0.1, 0.15) is 40.7 Å². The summed E-state index contributed by atoms with van der Waals surface area (Å²) < 4.78 is 44.3. The van der Waals surface area contributed by atoms with E-state index in [4.69, 9.17) is 4.74 Å². The number of nitrogens with zero attached hydrogens (tertiary/aromatic N) is 2. The molecule has 2 aliphatic heterocycles. The highest BCUT2D eigenvalue weighted by Gasteiger charge is 2.50. The normalized spacial score (nSPS) is 22.4. The smallest absolute Gasteiger partial charge is 0.417 e. The molecule has 0 radical (unpaired) electrons. The van der Waals surface area contributed by atoms with Gasteiger partial charge in [0.2, 0.25) is 5.88 Å². The van der Waals surface area contributed by atoms with Crippen molar-refractivity contribution in [1.29, 1.82) is 0 Å². The van der Waals surface area contributed by atoms with Gasteiger partial charge in [-0.2, -0.15) is 13.2 Å². The zero-order valence-electron chi connectivity index (χ0n) is 17.4. The van der Waals surface area contributed by atoms with Crippen molar-refractivity contribution in [3.63, 3.8) is 0 Å². The first-order valence-corrected chi connectivity index (χ1v) is 10.6. The van der Waals surface area contributed by atoms with Gasteiger partial charge in [0.15, 0.2) is 0 Å². The van der Waals surface area contributed by atoms with Crippen LogP contribution in [0.4, 0.5) is 13.2 Å². The summed E-state index contributed by atoms with van der Waals surface area (Å²) in [6, 6.07) is 11.7. The van der Waals surface area contributed by atoms with Crippen molar-refractivity contribution in [2.24, 2.45) is 0 Å². The Labute approximate surface area is 183 Å². The van der Waals surface area contributed by atoms with Crippen molar-refractivity contribution in [1.82, 2.24) is 14.9 Å². The first kappa shape index (κ1) is 20.6. The van der Waals surface area contributed by atoms with Crippen molar-refractivity contribution in [3.8, 4) is 17.1 Å². The Morgan fingerprint density at radius 1 is 1.16 bits per heavy atom. The number of benzene rings is 1. The predicted molar refractivity (Wildman–Crippen MR) is 112 cm³/mol. The summed E-state index contributed by atoms with van der Waals surface area (Å²) in [5.74, 6) is 0.0999. The molecule has 2 saturated heterocycles. The molecule has 2 bridgehead atoms. The number of carbonyl (C=O) groups is 1. The van der Waals surface area contributed by atoms with E-state index in [2.05, 4.69) is 9.97 Å². The van der Waals surface area contributed by atoms with E-state index in [9.17, 15) is 18.0 Å². The molecule has 0 unspecified atom stereocenters. The molecule has 3 aromatic rings. The maximum absolute atomic E-state index is 13.6. The van der Waals surface area contributed by atoms with Gasteiger partial charge in [0.25, 0.3) is 5.91 Å². The quantitative estimate of drug-likeness (QED) is 0.603. The summed E-state index contributed by atoms with van der Waals surface area (Å²) in [4.78, 5) is 22.6. The van der Waals surface area contributed by atoms with Crippen molar-refractivity contribution < 1.29 is 22.7 Å². The van der Waals surface area contributed by atoms with Gasteiger partial charge in [0.1, 0.15) is 6.10 Å². The van der Waals surface area contributed by atoms with Crippen LogP contribution in [0.2, 0.25) is 0 Å². The summed E-state index contributed by atoms with van der Waals surface area (Å²) in [7, 11) is 0. The lowest BCUT2D eigenvalue weighted by Crippen LogP contribution is -2.39. The number of amides is 1. The molecule has 2 aliphatic rings. The van der Waals surface area contributed by atoms with Crippen molar-refractivity contribution in [3.05, 3.63) is 71.5 Å². The van der Waals surface area contributed by atoms with Gasteiger partial charge in [-0.25, -0.2) is 4.98 Å². The number of aryl methyl sites for hydroxylation is 1. The standard InChI is InChI=1S/C24H22F3N3O2/c1-14-4-2-5-17(22(14)18-6-3-11-28-18)23(31)30-16-8-9-19(30)20(12-16)32-21-10-7-15(13-29-21)24(25,26)27/h2-7,10-11,13,16,19-20,28H,8-9,12H2,1H3/t16-,19+,20-/m1/s1. The lowest BCUT2D eigenvalue weighted by atomic mass is 9.98. The second-order valence-corrected chi connectivity index (χ2v) is 8.37. The SMILES string of the molecule is Cc1cccc(C(=O)N2[C@@H]3CC[C@H]2[C@H](Oc2ccc(C(F)(F)F)cn2)C3)c1-c1ccc[nH]1. The van der Waals surface area contributed by atoms with Crippen molar-refractivity contribution >= 4 is 5.91 Å². The molecule has 32 heavy (non-hydrogen) atoms. The Hall–Kier alpha value is -3.29. The monoisotopic (exact) mass is 441 g/mol. The molecule has 0 aliphatic carbocycles. The Morgan fingerprint density at radius 2 is 2.00 bits per heavy atom. The number of hydrogen-bond acceptors (Lipinski definition) is 3. The first-order valence-electron chi connectivity index (χ1n) is 10.6. The highest BCUT2D eigenvalue weighted by Crippen LogP contribution is 2.41. The largest absolute Gasteiger partial charge is 0.472 e. The topological polar surface area (TPSA) is 58.2 Å². The Kier molecular flexibility index (Phi) is 4.95. The molecule has 166 valence electrons. The minimum Gasteiger partial charge on any atom is -0.472 e. The second kappa shape index (κ2) is 7.69. The third-order valence-electron chi connectivity index (χ3n) is 6.42. The number of fused-ring (bicyclic) bond motifs is 2. The van der Waals surface area contributed by atoms with E-state index in [1.165, 1.54) is 6.07 Å². The van der Waals surface area contributed by atoms with Gasteiger partial charge >= 0.3 is 6.18 Å². The fourth-order valence-corrected chi connectivity index (χ4v) is 4.98. The molecule has 5 nitrogen and oxygen atoms in total. The van der Waals surface area contributed by atoms with Crippen molar-refractivity contribution in [2.75, 3.05) is 0 Å². The molecular formula is C24H22F3N3O2. The van der Waals surface area contributed by atoms with E-state index < -0.39 is 11.7 Å². The van der Waals surface area contributed by atoms with Crippen molar-refractivity contribution in [2.45, 2.75) is 50.6 Å². The molecule has 0 saturated carbocycles. The second-order valence-electron chi connectivity index (χ2n) is 8.37. The van der Waals surface area contributed by atoms with Crippen LogP contribution in [0.3, 0.4) is 0 Å². The fourth-order valence-electron chi connectivity index (χ4n) is 4.98. The third kappa shape index (κ3) is 3.53. The summed E-state index contributed by atoms with van der Waals surface area (Å²) in [6.07, 6.45) is 0.207. The molecule has 1 amide bonds. The first-order chi connectivity index (χ1) is 15.3. The van der Waals surface area contributed by atoms with Gasteiger partial charge in [-0.1, -0.05) is 12.1 Å². The van der Waals surface area contributed by atoms with Gasteiger partial charge in [-0.15, -0.1) is 0 Å². The lowest BCUT2D eigenvalue weighted by molar-refractivity contribution is -0.137. The minimum absolute atomic E-state index is 0.0442. The molecule has 5 rings (SSSR count). The molecule has 4 heterocycles. The number of ether oxygens (including phenoxy) is 1. The third-order valence-corrected chi connectivity index (χ3v) is 6.42. The van der Waals surface area contributed by atoms with E-state index in [0.717, 1.165) is 41.9 Å². The van der Waals surface area contributed by atoms with Gasteiger partial charge in [-0.3, -0.25) is 4.79 Å². The fraction of sp³-hybridized carbons (Fsp3) is 0.333. The van der Waals surface area contributed by atoms with Gasteiger partial charge in [0.05, 0.1) is 11.6 Å². The number of halogens is 3. The Balaban J connectivity index is 1.38. The van der Waals surface area contributed by atoms with Crippen LogP contribution in [0.15, 0.2) is 54.9 Å². The van der Waals surface area contributed by atoms with Gasteiger partial charge in [0, 0.05) is 47.7 Å².